The quantitative estimate of drug-likeness (QED) is 0.637. The fourth-order valence-corrected chi connectivity index (χ4v) is 2.66. The van der Waals surface area contributed by atoms with Gasteiger partial charge in [-0.1, -0.05) is 47.0 Å². The van der Waals surface area contributed by atoms with Gasteiger partial charge in [-0.2, -0.15) is 0 Å². The van der Waals surface area contributed by atoms with Crippen LogP contribution in [0.2, 0.25) is 0 Å². The van der Waals surface area contributed by atoms with Gasteiger partial charge in [-0.3, -0.25) is 0 Å². The molecule has 1 saturated heterocycles. The molecule has 0 saturated carbocycles. The molecule has 0 aliphatic carbocycles. The Bertz CT molecular complexity index is 205. The van der Waals surface area contributed by atoms with E-state index in [2.05, 4.69) is 38.3 Å². The van der Waals surface area contributed by atoms with Crippen LogP contribution in [0, 0.1) is 10.8 Å². The molecule has 1 aliphatic rings. The predicted octanol–water partition coefficient (Wildman–Crippen LogP) is 3.18. The first-order valence-corrected chi connectivity index (χ1v) is 7.39. The van der Waals surface area contributed by atoms with Crippen LogP contribution in [-0.4, -0.2) is 26.2 Å². The molecule has 17 heavy (non-hydrogen) atoms. The van der Waals surface area contributed by atoms with Crippen LogP contribution in [0.3, 0.4) is 0 Å². The smallest absolute Gasteiger partial charge is 0.00180 e. The first-order valence-electron chi connectivity index (χ1n) is 7.39. The van der Waals surface area contributed by atoms with Crippen molar-refractivity contribution in [3.63, 3.8) is 0 Å². The summed E-state index contributed by atoms with van der Waals surface area (Å²) in [6.07, 6.45) is 6.75. The largest absolute Gasteiger partial charge is 0.316 e. The standard InChI is InChI=1S/C15H32N2/c1-5-6-7-8-14(2,3)11-17-13-15(4)9-10-16-12-15/h16-17H,5-13H2,1-4H3. The molecule has 1 fully saturated rings. The van der Waals surface area contributed by atoms with Gasteiger partial charge in [-0.15, -0.1) is 0 Å². The third kappa shape index (κ3) is 5.87. The average molecular weight is 240 g/mol. The number of nitrogens with one attached hydrogen (secondary N) is 2. The lowest BCUT2D eigenvalue weighted by atomic mass is 9.85. The van der Waals surface area contributed by atoms with E-state index >= 15 is 0 Å². The fraction of sp³-hybridized carbons (Fsp3) is 1.00. The van der Waals surface area contributed by atoms with Gasteiger partial charge in [0.15, 0.2) is 0 Å². The summed E-state index contributed by atoms with van der Waals surface area (Å²) in [7, 11) is 0. The van der Waals surface area contributed by atoms with Crippen LogP contribution < -0.4 is 10.6 Å². The maximum Gasteiger partial charge on any atom is 0.00180 e. The van der Waals surface area contributed by atoms with Gasteiger partial charge in [-0.25, -0.2) is 0 Å². The SMILES string of the molecule is CCCCCC(C)(C)CNCC1(C)CCNC1. The maximum atomic E-state index is 3.70. The third-order valence-corrected chi connectivity index (χ3v) is 4.07. The zero-order valence-electron chi connectivity index (χ0n) is 12.4. The second kappa shape index (κ2) is 6.75. The number of hydrogen-bond acceptors (Lipinski definition) is 2. The highest BCUT2D eigenvalue weighted by Gasteiger charge is 2.28. The van der Waals surface area contributed by atoms with Gasteiger partial charge >= 0.3 is 0 Å². The topological polar surface area (TPSA) is 24.1 Å². The minimum Gasteiger partial charge on any atom is -0.316 e. The molecule has 0 aromatic heterocycles. The monoisotopic (exact) mass is 240 g/mol. The molecular weight excluding hydrogens is 208 g/mol. The van der Waals surface area contributed by atoms with Crippen LogP contribution in [0.5, 0.6) is 0 Å². The molecular formula is C15H32N2. The normalized spacial score (nSPS) is 25.4. The van der Waals surface area contributed by atoms with Crippen molar-refractivity contribution in [3.05, 3.63) is 0 Å². The number of rotatable bonds is 8. The van der Waals surface area contributed by atoms with Crippen LogP contribution in [0.1, 0.15) is 59.8 Å². The minimum atomic E-state index is 0.456. The summed E-state index contributed by atoms with van der Waals surface area (Å²) in [4.78, 5) is 0. The van der Waals surface area contributed by atoms with Crippen LogP contribution in [0.15, 0.2) is 0 Å². The Morgan fingerprint density at radius 3 is 2.65 bits per heavy atom. The van der Waals surface area contributed by atoms with Crippen LogP contribution in [0.25, 0.3) is 0 Å². The van der Waals surface area contributed by atoms with E-state index in [1.807, 2.05) is 0 Å². The molecule has 1 unspecified atom stereocenters. The molecule has 1 heterocycles. The summed E-state index contributed by atoms with van der Waals surface area (Å²) in [6.45, 7) is 14.1. The molecule has 2 N–H and O–H groups in total. The second-order valence-corrected chi connectivity index (χ2v) is 6.96. The molecule has 0 bridgehead atoms. The van der Waals surface area contributed by atoms with Crippen molar-refractivity contribution in [3.8, 4) is 0 Å². The molecule has 0 aromatic carbocycles. The Morgan fingerprint density at radius 1 is 1.29 bits per heavy atom. The summed E-state index contributed by atoms with van der Waals surface area (Å²) in [5.74, 6) is 0. The summed E-state index contributed by atoms with van der Waals surface area (Å²) in [5.41, 5.74) is 0.942. The highest BCUT2D eigenvalue weighted by Crippen LogP contribution is 2.25. The van der Waals surface area contributed by atoms with Gasteiger partial charge in [0, 0.05) is 19.6 Å². The molecule has 0 spiro atoms. The van der Waals surface area contributed by atoms with Crippen molar-refractivity contribution in [2.75, 3.05) is 26.2 Å². The highest BCUT2D eigenvalue weighted by molar-refractivity contribution is 4.86. The maximum absolute atomic E-state index is 3.70. The van der Waals surface area contributed by atoms with Gasteiger partial charge in [0.2, 0.25) is 0 Å². The summed E-state index contributed by atoms with van der Waals surface area (Å²) >= 11 is 0. The average Bonchev–Trinajstić information content (AvgIpc) is 2.65. The van der Waals surface area contributed by atoms with E-state index in [1.54, 1.807) is 0 Å². The Balaban J connectivity index is 2.15. The molecule has 1 atom stereocenters. The van der Waals surface area contributed by atoms with E-state index in [4.69, 9.17) is 0 Å². The third-order valence-electron chi connectivity index (χ3n) is 4.07. The second-order valence-electron chi connectivity index (χ2n) is 6.96. The van der Waals surface area contributed by atoms with E-state index < -0.39 is 0 Å². The summed E-state index contributed by atoms with van der Waals surface area (Å²) < 4.78 is 0. The van der Waals surface area contributed by atoms with Crippen molar-refractivity contribution < 1.29 is 0 Å². The van der Waals surface area contributed by atoms with Gasteiger partial charge in [0.1, 0.15) is 0 Å². The molecule has 0 radical (unpaired) electrons. The predicted molar refractivity (Wildman–Crippen MR) is 76.4 cm³/mol. The lowest BCUT2D eigenvalue weighted by Crippen LogP contribution is -2.38. The lowest BCUT2D eigenvalue weighted by molar-refractivity contribution is 0.267. The van der Waals surface area contributed by atoms with E-state index in [0.29, 0.717) is 10.8 Å². The van der Waals surface area contributed by atoms with E-state index in [1.165, 1.54) is 45.2 Å². The molecule has 0 aromatic rings. The Morgan fingerprint density at radius 2 is 2.06 bits per heavy atom. The highest BCUT2D eigenvalue weighted by atomic mass is 15.0. The molecule has 0 amide bonds. The number of hydrogen-bond donors (Lipinski definition) is 2. The Kier molecular flexibility index (Phi) is 5.94. The summed E-state index contributed by atoms with van der Waals surface area (Å²) in [5, 5.41) is 7.16. The van der Waals surface area contributed by atoms with Gasteiger partial charge in [0.05, 0.1) is 0 Å². The van der Waals surface area contributed by atoms with Crippen LogP contribution in [0.4, 0.5) is 0 Å². The van der Waals surface area contributed by atoms with Crippen LogP contribution in [-0.2, 0) is 0 Å². The van der Waals surface area contributed by atoms with Gasteiger partial charge in [0.25, 0.3) is 0 Å². The van der Waals surface area contributed by atoms with Crippen molar-refractivity contribution in [2.24, 2.45) is 10.8 Å². The molecule has 1 aliphatic heterocycles. The Hall–Kier alpha value is -0.0800. The van der Waals surface area contributed by atoms with Gasteiger partial charge in [-0.05, 0) is 30.2 Å². The molecule has 1 rings (SSSR count). The van der Waals surface area contributed by atoms with E-state index in [0.717, 1.165) is 13.1 Å². The minimum absolute atomic E-state index is 0.456. The van der Waals surface area contributed by atoms with Crippen molar-refractivity contribution >= 4 is 0 Å². The van der Waals surface area contributed by atoms with Gasteiger partial charge < -0.3 is 10.6 Å². The van der Waals surface area contributed by atoms with Crippen molar-refractivity contribution in [1.82, 2.24) is 10.6 Å². The Labute approximate surface area is 108 Å². The molecule has 102 valence electrons. The first kappa shape index (κ1) is 15.0. The zero-order chi connectivity index (χ0) is 12.8. The van der Waals surface area contributed by atoms with Crippen molar-refractivity contribution in [2.45, 2.75) is 59.8 Å². The zero-order valence-corrected chi connectivity index (χ0v) is 12.4. The van der Waals surface area contributed by atoms with E-state index in [9.17, 15) is 0 Å². The van der Waals surface area contributed by atoms with Crippen molar-refractivity contribution in [1.29, 1.82) is 0 Å². The lowest BCUT2D eigenvalue weighted by Gasteiger charge is -2.29. The summed E-state index contributed by atoms with van der Waals surface area (Å²) in [6, 6.07) is 0. The first-order chi connectivity index (χ1) is 7.97. The van der Waals surface area contributed by atoms with Crippen LogP contribution >= 0.6 is 0 Å². The molecule has 2 heteroatoms. The molecule has 2 nitrogen and oxygen atoms in total. The van der Waals surface area contributed by atoms with E-state index in [-0.39, 0.29) is 0 Å². The number of unbranched alkanes of at least 4 members (excludes halogenated alkanes) is 2. The fourth-order valence-electron chi connectivity index (χ4n) is 2.66.